The summed E-state index contributed by atoms with van der Waals surface area (Å²) in [5.74, 6) is -0.253. The minimum Gasteiger partial charge on any atom is -0.434 e. The van der Waals surface area contributed by atoms with Gasteiger partial charge in [0.25, 0.3) is 5.91 Å². The van der Waals surface area contributed by atoms with Crippen LogP contribution in [-0.4, -0.2) is 54.4 Å². The molecule has 2 aliphatic rings. The van der Waals surface area contributed by atoms with Gasteiger partial charge in [0, 0.05) is 38.0 Å². The number of alkyl halides is 2. The van der Waals surface area contributed by atoms with E-state index in [9.17, 15) is 18.4 Å². The lowest BCUT2D eigenvalue weighted by atomic mass is 9.77. The molecule has 0 bridgehead atoms. The molecule has 2 amide bonds. The van der Waals surface area contributed by atoms with Crippen LogP contribution < -0.4 is 4.74 Å². The highest BCUT2D eigenvalue weighted by molar-refractivity contribution is 5.97. The lowest BCUT2D eigenvalue weighted by Crippen LogP contribution is -2.44. The minimum absolute atomic E-state index is 0.0949. The molecule has 2 aliphatic heterocycles. The van der Waals surface area contributed by atoms with Crippen molar-refractivity contribution in [3.05, 3.63) is 41.5 Å². The zero-order valence-electron chi connectivity index (χ0n) is 16.3. The molecule has 2 saturated heterocycles. The van der Waals surface area contributed by atoms with Gasteiger partial charge in [-0.1, -0.05) is 23.8 Å². The summed E-state index contributed by atoms with van der Waals surface area (Å²) in [5, 5.41) is 0. The molecule has 0 unspecified atom stereocenters. The van der Waals surface area contributed by atoms with Crippen molar-refractivity contribution in [2.45, 2.75) is 39.7 Å². The first kappa shape index (κ1) is 20.3. The molecule has 0 aliphatic carbocycles. The monoisotopic (exact) mass is 392 g/mol. The van der Waals surface area contributed by atoms with Gasteiger partial charge in [-0.2, -0.15) is 8.78 Å². The van der Waals surface area contributed by atoms with E-state index in [1.54, 1.807) is 17.0 Å². The third kappa shape index (κ3) is 4.51. The van der Waals surface area contributed by atoms with E-state index in [2.05, 4.69) is 10.8 Å². The summed E-state index contributed by atoms with van der Waals surface area (Å²) in [6.07, 6.45) is 4.02. The predicted octanol–water partition coefficient (Wildman–Crippen LogP) is 3.71. The lowest BCUT2D eigenvalue weighted by Gasteiger charge is -2.39. The molecule has 28 heavy (non-hydrogen) atoms. The maximum atomic E-state index is 12.8. The summed E-state index contributed by atoms with van der Waals surface area (Å²) in [6, 6.07) is 6.07. The fourth-order valence-corrected chi connectivity index (χ4v) is 3.97. The molecule has 0 radical (unpaired) electrons. The van der Waals surface area contributed by atoms with Crippen LogP contribution in [0.25, 0.3) is 0 Å². The SMILES string of the molecule is CC(C)=CCN1CC2(CCN(C(=O)c3ccccc3OC(F)F)CC2)CC1=O. The van der Waals surface area contributed by atoms with Gasteiger partial charge < -0.3 is 14.5 Å². The molecule has 1 spiro atoms. The Morgan fingerprint density at radius 1 is 1.25 bits per heavy atom. The highest BCUT2D eigenvalue weighted by Crippen LogP contribution is 2.41. The fourth-order valence-electron chi connectivity index (χ4n) is 3.97. The van der Waals surface area contributed by atoms with E-state index in [1.807, 2.05) is 18.7 Å². The summed E-state index contributed by atoms with van der Waals surface area (Å²) in [6.45, 7) is 3.39. The minimum atomic E-state index is -2.98. The van der Waals surface area contributed by atoms with Crippen molar-refractivity contribution in [3.8, 4) is 5.75 Å². The first-order valence-electron chi connectivity index (χ1n) is 9.54. The molecule has 0 N–H and O–H groups in total. The van der Waals surface area contributed by atoms with E-state index in [1.165, 1.54) is 17.7 Å². The Morgan fingerprint density at radius 2 is 1.93 bits per heavy atom. The highest BCUT2D eigenvalue weighted by Gasteiger charge is 2.45. The van der Waals surface area contributed by atoms with Crippen LogP contribution in [0.3, 0.4) is 0 Å². The summed E-state index contributed by atoms with van der Waals surface area (Å²) in [5.41, 5.74) is 1.23. The van der Waals surface area contributed by atoms with E-state index in [0.29, 0.717) is 32.6 Å². The number of allylic oxidation sites excluding steroid dienone is 1. The quantitative estimate of drug-likeness (QED) is 0.718. The van der Waals surface area contributed by atoms with Crippen LogP contribution in [0.5, 0.6) is 5.75 Å². The van der Waals surface area contributed by atoms with Crippen LogP contribution in [0.15, 0.2) is 35.9 Å². The van der Waals surface area contributed by atoms with Crippen LogP contribution in [0, 0.1) is 5.41 Å². The number of hydrogen-bond donors (Lipinski definition) is 0. The molecular weight excluding hydrogens is 366 g/mol. The molecule has 0 saturated carbocycles. The number of benzene rings is 1. The molecule has 0 atom stereocenters. The van der Waals surface area contributed by atoms with Crippen molar-refractivity contribution < 1.29 is 23.1 Å². The summed E-state index contributed by atoms with van der Waals surface area (Å²) < 4.78 is 29.7. The Bertz CT molecular complexity index is 767. The molecule has 0 aromatic heterocycles. The summed E-state index contributed by atoms with van der Waals surface area (Å²) in [4.78, 5) is 28.8. The Morgan fingerprint density at radius 3 is 2.57 bits per heavy atom. The predicted molar refractivity (Wildman–Crippen MR) is 101 cm³/mol. The average Bonchev–Trinajstić information content (AvgIpc) is 2.95. The first-order valence-corrected chi connectivity index (χ1v) is 9.54. The van der Waals surface area contributed by atoms with Crippen molar-refractivity contribution >= 4 is 11.8 Å². The van der Waals surface area contributed by atoms with E-state index < -0.39 is 6.61 Å². The van der Waals surface area contributed by atoms with Crippen LogP contribution in [0.2, 0.25) is 0 Å². The van der Waals surface area contributed by atoms with E-state index in [0.717, 1.165) is 12.8 Å². The van der Waals surface area contributed by atoms with Gasteiger partial charge in [0.1, 0.15) is 5.75 Å². The Balaban J connectivity index is 1.64. The van der Waals surface area contributed by atoms with Gasteiger partial charge >= 0.3 is 6.61 Å². The standard InChI is InChI=1S/C21H26F2N2O3/c1-15(2)7-10-25-14-21(13-18(25)26)8-11-24(12-9-21)19(27)16-5-3-4-6-17(16)28-20(22)23/h3-7,20H,8-14H2,1-2H3. The van der Waals surface area contributed by atoms with Gasteiger partial charge in [-0.05, 0) is 38.8 Å². The third-order valence-corrected chi connectivity index (χ3v) is 5.57. The number of carbonyl (C=O) groups excluding carboxylic acids is 2. The number of likely N-dealkylation sites (tertiary alicyclic amines) is 2. The van der Waals surface area contributed by atoms with Crippen LogP contribution in [-0.2, 0) is 4.79 Å². The topological polar surface area (TPSA) is 49.9 Å². The number of rotatable bonds is 5. The van der Waals surface area contributed by atoms with E-state index in [-0.39, 0.29) is 28.5 Å². The second-order valence-electron chi connectivity index (χ2n) is 7.90. The maximum absolute atomic E-state index is 12.8. The number of amides is 2. The van der Waals surface area contributed by atoms with Gasteiger partial charge in [0.15, 0.2) is 0 Å². The van der Waals surface area contributed by atoms with Gasteiger partial charge in [-0.25, -0.2) is 0 Å². The van der Waals surface area contributed by atoms with Gasteiger partial charge in [-0.3, -0.25) is 9.59 Å². The molecule has 2 fully saturated rings. The number of ether oxygens (including phenoxy) is 1. The Kier molecular flexibility index (Phi) is 6.01. The number of halogens is 2. The van der Waals surface area contributed by atoms with Crippen molar-refractivity contribution in [1.29, 1.82) is 0 Å². The zero-order chi connectivity index (χ0) is 20.3. The third-order valence-electron chi connectivity index (χ3n) is 5.57. The normalized spacial score (nSPS) is 18.7. The molecule has 2 heterocycles. The van der Waals surface area contributed by atoms with Crippen molar-refractivity contribution in [1.82, 2.24) is 9.80 Å². The Hall–Kier alpha value is -2.44. The Labute approximate surface area is 163 Å². The molecule has 3 rings (SSSR count). The highest BCUT2D eigenvalue weighted by atomic mass is 19.3. The molecular formula is C21H26F2N2O3. The number of carbonyl (C=O) groups is 2. The van der Waals surface area contributed by atoms with Gasteiger partial charge in [0.2, 0.25) is 5.91 Å². The fraction of sp³-hybridized carbons (Fsp3) is 0.524. The zero-order valence-corrected chi connectivity index (χ0v) is 16.3. The van der Waals surface area contributed by atoms with Crippen molar-refractivity contribution in [2.75, 3.05) is 26.2 Å². The number of hydrogen-bond acceptors (Lipinski definition) is 3. The number of para-hydroxylation sites is 1. The van der Waals surface area contributed by atoms with Crippen LogP contribution >= 0.6 is 0 Å². The smallest absolute Gasteiger partial charge is 0.387 e. The van der Waals surface area contributed by atoms with Gasteiger partial charge in [0.05, 0.1) is 5.56 Å². The summed E-state index contributed by atoms with van der Waals surface area (Å²) >= 11 is 0. The van der Waals surface area contributed by atoms with Crippen LogP contribution in [0.1, 0.15) is 43.5 Å². The van der Waals surface area contributed by atoms with Crippen LogP contribution in [0.4, 0.5) is 8.78 Å². The van der Waals surface area contributed by atoms with E-state index >= 15 is 0 Å². The number of nitrogens with zero attached hydrogens (tertiary/aromatic N) is 2. The molecule has 5 nitrogen and oxygen atoms in total. The van der Waals surface area contributed by atoms with Crippen molar-refractivity contribution in [3.63, 3.8) is 0 Å². The largest absolute Gasteiger partial charge is 0.434 e. The number of piperidine rings is 1. The molecule has 7 heteroatoms. The lowest BCUT2D eigenvalue weighted by molar-refractivity contribution is -0.127. The molecule has 152 valence electrons. The second kappa shape index (κ2) is 8.29. The second-order valence-corrected chi connectivity index (χ2v) is 7.90. The maximum Gasteiger partial charge on any atom is 0.387 e. The van der Waals surface area contributed by atoms with E-state index in [4.69, 9.17) is 0 Å². The molecule has 1 aromatic carbocycles. The molecule has 1 aromatic rings. The van der Waals surface area contributed by atoms with Gasteiger partial charge in [-0.15, -0.1) is 0 Å². The summed E-state index contributed by atoms with van der Waals surface area (Å²) in [7, 11) is 0. The first-order chi connectivity index (χ1) is 13.3. The van der Waals surface area contributed by atoms with Crippen molar-refractivity contribution in [2.24, 2.45) is 5.41 Å². The average molecular weight is 392 g/mol.